The highest BCUT2D eigenvalue weighted by atomic mass is 32.2. The number of methoxy groups -OCH3 is 2. The second kappa shape index (κ2) is 12.1. The molecular weight excluding hydrogens is 490 g/mol. The summed E-state index contributed by atoms with van der Waals surface area (Å²) in [5, 5.41) is 2.85. The van der Waals surface area contributed by atoms with E-state index in [1.165, 1.54) is 44.8 Å². The minimum Gasteiger partial charge on any atom is -0.497 e. The summed E-state index contributed by atoms with van der Waals surface area (Å²) >= 11 is 0. The maximum absolute atomic E-state index is 13.6. The van der Waals surface area contributed by atoms with E-state index in [0.29, 0.717) is 11.5 Å². The molecule has 0 aliphatic carbocycles. The van der Waals surface area contributed by atoms with Crippen LogP contribution in [-0.4, -0.2) is 53.1 Å². The molecule has 1 fully saturated rings. The van der Waals surface area contributed by atoms with Crippen molar-refractivity contribution in [2.45, 2.75) is 30.8 Å². The summed E-state index contributed by atoms with van der Waals surface area (Å²) in [5.41, 5.74) is 2.39. The van der Waals surface area contributed by atoms with Crippen molar-refractivity contribution in [1.29, 1.82) is 0 Å². The summed E-state index contributed by atoms with van der Waals surface area (Å²) in [5.74, 6) is 0.311. The van der Waals surface area contributed by atoms with E-state index in [0.717, 1.165) is 29.5 Å². The zero-order valence-corrected chi connectivity index (χ0v) is 22.0. The molecule has 0 unspecified atom stereocenters. The van der Waals surface area contributed by atoms with Crippen LogP contribution in [0.3, 0.4) is 0 Å². The molecule has 1 aliphatic rings. The maximum Gasteiger partial charge on any atom is 0.264 e. The van der Waals surface area contributed by atoms with Gasteiger partial charge in [0.05, 0.1) is 24.8 Å². The number of amides is 1. The van der Waals surface area contributed by atoms with Gasteiger partial charge in [-0.05, 0) is 61.3 Å². The van der Waals surface area contributed by atoms with Crippen LogP contribution in [0.15, 0.2) is 77.7 Å². The largest absolute Gasteiger partial charge is 0.497 e. The van der Waals surface area contributed by atoms with Gasteiger partial charge in [0, 0.05) is 19.2 Å². The Morgan fingerprint density at radius 3 is 2.24 bits per heavy atom. The van der Waals surface area contributed by atoms with Gasteiger partial charge >= 0.3 is 0 Å². The number of ether oxygens (including phenoxy) is 2. The van der Waals surface area contributed by atoms with Gasteiger partial charge in [-0.2, -0.15) is 0 Å². The lowest BCUT2D eigenvalue weighted by Crippen LogP contribution is -2.40. The zero-order valence-electron chi connectivity index (χ0n) is 21.2. The molecule has 3 aromatic carbocycles. The predicted octanol–water partition coefficient (Wildman–Crippen LogP) is 3.81. The molecule has 0 aromatic heterocycles. The van der Waals surface area contributed by atoms with Crippen LogP contribution in [0, 0.1) is 0 Å². The third-order valence-electron chi connectivity index (χ3n) is 6.39. The van der Waals surface area contributed by atoms with E-state index in [1.807, 2.05) is 12.1 Å². The van der Waals surface area contributed by atoms with Gasteiger partial charge in [-0.15, -0.1) is 0 Å². The summed E-state index contributed by atoms with van der Waals surface area (Å²) < 4.78 is 39.1. The molecule has 1 heterocycles. The average Bonchev–Trinajstić information content (AvgIpc) is 3.44. The average molecular weight is 524 g/mol. The Bertz CT molecular complexity index is 1290. The molecular formula is C28H33N3O5S. The van der Waals surface area contributed by atoms with Gasteiger partial charge in [0.15, 0.2) is 0 Å². The van der Waals surface area contributed by atoms with Crippen molar-refractivity contribution in [2.24, 2.45) is 0 Å². The van der Waals surface area contributed by atoms with Crippen molar-refractivity contribution in [1.82, 2.24) is 10.2 Å². The number of nitrogens with one attached hydrogen (secondary N) is 1. The van der Waals surface area contributed by atoms with E-state index >= 15 is 0 Å². The van der Waals surface area contributed by atoms with Crippen LogP contribution in [0.1, 0.15) is 24.0 Å². The first-order valence-electron chi connectivity index (χ1n) is 12.3. The quantitative estimate of drug-likeness (QED) is 0.411. The maximum atomic E-state index is 13.6. The fourth-order valence-corrected chi connectivity index (χ4v) is 5.80. The van der Waals surface area contributed by atoms with Crippen molar-refractivity contribution in [2.75, 3.05) is 38.2 Å². The molecule has 0 spiro atoms. The van der Waals surface area contributed by atoms with Gasteiger partial charge in [0.25, 0.3) is 10.0 Å². The number of rotatable bonds is 11. The molecule has 1 aliphatic heterocycles. The predicted molar refractivity (Wildman–Crippen MR) is 143 cm³/mol. The van der Waals surface area contributed by atoms with Gasteiger partial charge in [0.1, 0.15) is 18.0 Å². The topological polar surface area (TPSA) is 88.2 Å². The van der Waals surface area contributed by atoms with Crippen molar-refractivity contribution >= 4 is 21.6 Å². The van der Waals surface area contributed by atoms with E-state index in [4.69, 9.17) is 9.47 Å². The molecule has 1 amide bonds. The second-order valence-electron chi connectivity index (χ2n) is 8.94. The van der Waals surface area contributed by atoms with Crippen molar-refractivity contribution in [3.8, 4) is 11.5 Å². The highest BCUT2D eigenvalue weighted by Gasteiger charge is 2.29. The molecule has 0 bridgehead atoms. The number of carbonyl (C=O) groups is 1. The molecule has 196 valence electrons. The van der Waals surface area contributed by atoms with Gasteiger partial charge in [-0.25, -0.2) is 8.42 Å². The van der Waals surface area contributed by atoms with Crippen molar-refractivity contribution in [3.05, 3.63) is 83.9 Å². The Kier molecular flexibility index (Phi) is 8.68. The van der Waals surface area contributed by atoms with Crippen LogP contribution >= 0.6 is 0 Å². The number of anilines is 1. The molecule has 1 N–H and O–H groups in total. The Hall–Kier alpha value is -3.56. The van der Waals surface area contributed by atoms with Gasteiger partial charge in [0.2, 0.25) is 5.91 Å². The van der Waals surface area contributed by atoms with E-state index < -0.39 is 22.5 Å². The zero-order chi connectivity index (χ0) is 26.3. The van der Waals surface area contributed by atoms with E-state index in [-0.39, 0.29) is 17.1 Å². The third-order valence-corrected chi connectivity index (χ3v) is 8.16. The van der Waals surface area contributed by atoms with Crippen LogP contribution in [0.2, 0.25) is 0 Å². The number of carbonyl (C=O) groups excluding carboxylic acids is 1. The second-order valence-corrected chi connectivity index (χ2v) is 10.8. The summed E-state index contributed by atoms with van der Waals surface area (Å²) in [6, 6.07) is 21.0. The van der Waals surface area contributed by atoms with Crippen LogP contribution in [0.4, 0.5) is 5.69 Å². The van der Waals surface area contributed by atoms with Crippen LogP contribution in [0.5, 0.6) is 11.5 Å². The number of likely N-dealkylation sites (tertiary alicyclic amines) is 1. The first-order valence-corrected chi connectivity index (χ1v) is 13.7. The lowest BCUT2D eigenvalue weighted by molar-refractivity contribution is -0.119. The summed E-state index contributed by atoms with van der Waals surface area (Å²) in [6.07, 6.45) is 2.51. The van der Waals surface area contributed by atoms with Gasteiger partial charge in [-0.1, -0.05) is 42.5 Å². The summed E-state index contributed by atoms with van der Waals surface area (Å²) in [7, 11) is -1.13. The van der Waals surface area contributed by atoms with Crippen molar-refractivity contribution < 1.29 is 22.7 Å². The highest BCUT2D eigenvalue weighted by Crippen LogP contribution is 2.35. The lowest BCUT2D eigenvalue weighted by atomic mass is 10.1. The summed E-state index contributed by atoms with van der Waals surface area (Å²) in [6.45, 7) is 3.07. The molecule has 4 rings (SSSR count). The first-order chi connectivity index (χ1) is 17.9. The van der Waals surface area contributed by atoms with Crippen LogP contribution in [-0.2, 0) is 27.9 Å². The minimum absolute atomic E-state index is 0.0706. The molecule has 0 saturated carbocycles. The highest BCUT2D eigenvalue weighted by molar-refractivity contribution is 7.92. The fraction of sp³-hybridized carbons (Fsp3) is 0.321. The normalized spacial score (nSPS) is 13.8. The van der Waals surface area contributed by atoms with E-state index in [1.54, 1.807) is 36.4 Å². The SMILES string of the molecule is COc1ccc(OC)c(N(CC(=O)NCc2ccc(CN3CCCC3)cc2)S(=O)(=O)c2ccccc2)c1. The lowest BCUT2D eigenvalue weighted by Gasteiger charge is -2.26. The monoisotopic (exact) mass is 523 g/mol. The van der Waals surface area contributed by atoms with Crippen LogP contribution < -0.4 is 19.1 Å². The Morgan fingerprint density at radius 1 is 0.919 bits per heavy atom. The summed E-state index contributed by atoms with van der Waals surface area (Å²) in [4.78, 5) is 15.5. The smallest absolute Gasteiger partial charge is 0.264 e. The molecule has 1 saturated heterocycles. The number of sulfonamides is 1. The van der Waals surface area contributed by atoms with Crippen LogP contribution in [0.25, 0.3) is 0 Å². The molecule has 3 aromatic rings. The molecule has 37 heavy (non-hydrogen) atoms. The molecule has 9 heteroatoms. The first kappa shape index (κ1) is 26.5. The minimum atomic E-state index is -4.07. The Morgan fingerprint density at radius 2 is 1.59 bits per heavy atom. The Labute approximate surface area is 218 Å². The third kappa shape index (κ3) is 6.61. The number of hydrogen-bond donors (Lipinski definition) is 1. The number of hydrogen-bond acceptors (Lipinski definition) is 6. The number of benzene rings is 3. The van der Waals surface area contributed by atoms with Gasteiger partial charge < -0.3 is 14.8 Å². The molecule has 8 nitrogen and oxygen atoms in total. The standard InChI is InChI=1S/C28H33N3O5S/c1-35-24-14-15-27(36-2)26(18-24)31(37(33,34)25-8-4-3-5-9-25)21-28(32)29-19-22-10-12-23(13-11-22)20-30-16-6-7-17-30/h3-5,8-15,18H,6-7,16-17,19-21H2,1-2H3,(H,29,32). The molecule has 0 radical (unpaired) electrons. The van der Waals surface area contributed by atoms with Gasteiger partial charge in [-0.3, -0.25) is 14.0 Å². The molecule has 0 atom stereocenters. The number of nitrogens with zero attached hydrogens (tertiary/aromatic N) is 2. The van der Waals surface area contributed by atoms with Crippen molar-refractivity contribution in [3.63, 3.8) is 0 Å². The van der Waals surface area contributed by atoms with E-state index in [9.17, 15) is 13.2 Å². The Balaban J connectivity index is 1.51. The van der Waals surface area contributed by atoms with E-state index in [2.05, 4.69) is 22.3 Å². The fourth-order valence-electron chi connectivity index (χ4n) is 4.36.